The fourth-order valence-corrected chi connectivity index (χ4v) is 9.81. The first kappa shape index (κ1) is 54.5. The summed E-state index contributed by atoms with van der Waals surface area (Å²) >= 11 is 7.22. The predicted molar refractivity (Wildman–Crippen MR) is 268 cm³/mol. The summed E-state index contributed by atoms with van der Waals surface area (Å²) < 4.78 is 52.3. The molecule has 0 aliphatic carbocycles. The number of hydrogen-bond donors (Lipinski definition) is 4. The molecule has 6 rings (SSSR count). The third kappa shape index (κ3) is 14.0. The number of aromatic nitrogens is 1. The van der Waals surface area contributed by atoms with Gasteiger partial charge in [0.1, 0.15) is 12.1 Å². The van der Waals surface area contributed by atoms with Crippen LogP contribution in [0, 0.1) is 23.7 Å². The number of halogens is 3. The lowest BCUT2D eigenvalue weighted by atomic mass is 9.86. The van der Waals surface area contributed by atoms with E-state index < -0.39 is 40.9 Å². The third-order valence-corrected chi connectivity index (χ3v) is 13.8. The molecule has 3 aromatic carbocycles. The number of rotatable bonds is 21. The maximum atomic E-state index is 13.7. The number of β-amino-alcohol motifs (C(OH)–C–C–N with tert-alkyl or cyclic N) is 1. The highest BCUT2D eigenvalue weighted by molar-refractivity contribution is 7.81. The van der Waals surface area contributed by atoms with Crippen LogP contribution in [0.3, 0.4) is 0 Å². The van der Waals surface area contributed by atoms with Crippen LogP contribution < -0.4 is 25.8 Å². The second-order valence-electron chi connectivity index (χ2n) is 19.2. The molecule has 1 aromatic heterocycles. The van der Waals surface area contributed by atoms with Crippen molar-refractivity contribution in [3.8, 4) is 16.5 Å². The first-order chi connectivity index (χ1) is 33.6. The highest BCUT2D eigenvalue weighted by Gasteiger charge is 2.51. The van der Waals surface area contributed by atoms with Crippen LogP contribution in [0.2, 0.25) is 0 Å². The average molecular weight is 1020 g/mol. The molecule has 0 radical (unpaired) electrons. The Labute approximate surface area is 421 Å². The van der Waals surface area contributed by atoms with Gasteiger partial charge in [-0.3, -0.25) is 29.0 Å². The van der Waals surface area contributed by atoms with E-state index in [-0.39, 0.29) is 79.4 Å². The molecule has 3 heterocycles. The molecule has 0 saturated carbocycles. The molecule has 71 heavy (non-hydrogen) atoms. The number of alkyl halides is 3. The number of ether oxygens (including phenoxy) is 2. The minimum atomic E-state index is -4.80. The highest BCUT2D eigenvalue weighted by Crippen LogP contribution is 2.40. The Morgan fingerprint density at radius 1 is 0.972 bits per heavy atom. The molecule has 2 aliphatic heterocycles. The van der Waals surface area contributed by atoms with Crippen LogP contribution in [0.5, 0.6) is 0 Å². The Hall–Kier alpha value is -5.82. The number of benzene rings is 3. The molecule has 20 heteroatoms. The number of carbonyl (C=O) groups excluding carboxylic acids is 4. The van der Waals surface area contributed by atoms with Crippen LogP contribution in [0.25, 0.3) is 10.4 Å². The number of anilines is 2. The summed E-state index contributed by atoms with van der Waals surface area (Å²) in [4.78, 5) is 62.5. The number of thiazole rings is 1. The molecular weight excluding hydrogens is 958 g/mol. The molecule has 4 amide bonds. The normalized spacial score (nSPS) is 17.6. The molecule has 2 fully saturated rings. The summed E-state index contributed by atoms with van der Waals surface area (Å²) in [6.07, 6.45) is -3.78. The molecule has 3 atom stereocenters. The van der Waals surface area contributed by atoms with Gasteiger partial charge in [0.05, 0.1) is 70.9 Å². The van der Waals surface area contributed by atoms with Crippen LogP contribution in [-0.4, -0.2) is 114 Å². The Kier molecular flexibility index (Phi) is 18.1. The van der Waals surface area contributed by atoms with E-state index >= 15 is 0 Å². The maximum absolute atomic E-state index is 13.7. The van der Waals surface area contributed by atoms with Gasteiger partial charge in [-0.1, -0.05) is 57.2 Å². The lowest BCUT2D eigenvalue weighted by molar-refractivity contribution is -0.138. The number of aliphatic hydroxyl groups is 1. The van der Waals surface area contributed by atoms with Gasteiger partial charge in [-0.2, -0.15) is 18.4 Å². The summed E-state index contributed by atoms with van der Waals surface area (Å²) in [7, 11) is 0. The lowest BCUT2D eigenvalue weighted by Crippen LogP contribution is -2.54. The zero-order chi connectivity index (χ0) is 51.7. The number of amides is 4. The number of aliphatic hydroxyl groups excluding tert-OH is 1. The van der Waals surface area contributed by atoms with Gasteiger partial charge < -0.3 is 35.4 Å². The molecule has 4 aromatic rings. The summed E-state index contributed by atoms with van der Waals surface area (Å²) in [6.45, 7) is 13.0. The molecule has 2 saturated heterocycles. The standard InChI is InChI=1S/C51H61F3N8O7S2/c1-32-45(71-31-58-32)35-14-10-34(11-15-35)27-57-46(66)41-25-39(63)28-60(41)29-42(49(2,3)4)59-44(65)30-69-23-22-68-21-20-56-43(64)9-7-8-33-12-17-37(18-13-33)62-48(70)61(47(67)50(62,5)6)38-19-16-36(26-55)40(24-38)51(52,53)54/h10-19,24,31,39,41-42,63H,7-9,20-23,25,27-30H2,1-6H3,(H,56,64)(H,57,66)(H,59,65)/t39-,41+,42-/m1/s1. The van der Waals surface area contributed by atoms with E-state index in [0.29, 0.717) is 44.6 Å². The number of nitrogens with one attached hydrogen (secondary N) is 3. The molecular formula is C51H61F3N8O7S2. The van der Waals surface area contributed by atoms with Crippen LogP contribution in [0.1, 0.15) is 81.8 Å². The summed E-state index contributed by atoms with van der Waals surface area (Å²) in [5.41, 5.74) is 2.92. The lowest BCUT2D eigenvalue weighted by Gasteiger charge is -2.36. The van der Waals surface area contributed by atoms with Gasteiger partial charge >= 0.3 is 6.18 Å². The van der Waals surface area contributed by atoms with Crippen molar-refractivity contribution in [3.63, 3.8) is 0 Å². The summed E-state index contributed by atoms with van der Waals surface area (Å²) in [5.74, 6) is -1.17. The Morgan fingerprint density at radius 2 is 1.65 bits per heavy atom. The quantitative estimate of drug-likeness (QED) is 0.0513. The van der Waals surface area contributed by atoms with E-state index in [9.17, 15) is 42.7 Å². The Bertz CT molecular complexity index is 2580. The van der Waals surface area contributed by atoms with Crippen LogP contribution in [0.15, 0.2) is 72.2 Å². The fraction of sp³-hybridized carbons (Fsp3) is 0.471. The number of aryl methyl sites for hydroxylation is 2. The van der Waals surface area contributed by atoms with Gasteiger partial charge in [0.2, 0.25) is 17.7 Å². The minimum absolute atomic E-state index is 0.000510. The SMILES string of the molecule is Cc1ncsc1-c1ccc(CNC(=O)[C@@H]2C[C@@H](O)CN2C[C@@H](NC(=O)COCCOCCNC(=O)CCCc2ccc(N3C(=S)N(c4ccc(C#N)c(C(F)(F)F)c4)C(=O)C3(C)C)cc2)C(C)(C)C)cc1. The van der Waals surface area contributed by atoms with Gasteiger partial charge in [0.25, 0.3) is 5.91 Å². The van der Waals surface area contributed by atoms with Crippen molar-refractivity contribution < 1.29 is 46.9 Å². The van der Waals surface area contributed by atoms with E-state index in [1.54, 1.807) is 48.3 Å². The van der Waals surface area contributed by atoms with Crippen LogP contribution in [0.4, 0.5) is 24.5 Å². The number of carbonyl (C=O) groups is 4. The van der Waals surface area contributed by atoms with Gasteiger partial charge in [0, 0.05) is 44.3 Å². The van der Waals surface area contributed by atoms with Crippen molar-refractivity contribution in [1.29, 1.82) is 5.26 Å². The number of likely N-dealkylation sites (tertiary alicyclic amines) is 1. The Morgan fingerprint density at radius 3 is 2.30 bits per heavy atom. The second kappa shape index (κ2) is 23.6. The second-order valence-corrected chi connectivity index (χ2v) is 20.4. The molecule has 15 nitrogen and oxygen atoms in total. The number of hydrogen-bond acceptors (Lipinski definition) is 12. The monoisotopic (exact) mass is 1020 g/mol. The molecule has 380 valence electrons. The largest absolute Gasteiger partial charge is 0.417 e. The van der Waals surface area contributed by atoms with Crippen molar-refractivity contribution in [1.82, 2.24) is 25.8 Å². The van der Waals surface area contributed by atoms with Gasteiger partial charge in [0.15, 0.2) is 5.11 Å². The summed E-state index contributed by atoms with van der Waals surface area (Å²) in [5, 5.41) is 28.7. The average Bonchev–Trinajstić information content (AvgIpc) is 3.97. The summed E-state index contributed by atoms with van der Waals surface area (Å²) in [6, 6.07) is 18.9. The number of nitrogens with zero attached hydrogens (tertiary/aromatic N) is 5. The molecule has 0 spiro atoms. The first-order valence-corrected chi connectivity index (χ1v) is 24.7. The first-order valence-electron chi connectivity index (χ1n) is 23.4. The molecule has 0 bridgehead atoms. The van der Waals surface area contributed by atoms with E-state index in [2.05, 4.69) is 20.9 Å². The van der Waals surface area contributed by atoms with E-state index in [1.807, 2.05) is 74.5 Å². The van der Waals surface area contributed by atoms with Crippen molar-refractivity contribution in [2.24, 2.45) is 5.41 Å². The number of nitriles is 1. The van der Waals surface area contributed by atoms with E-state index in [1.165, 1.54) is 6.07 Å². The molecule has 0 unspecified atom stereocenters. The van der Waals surface area contributed by atoms with E-state index in [4.69, 9.17) is 21.7 Å². The van der Waals surface area contributed by atoms with Gasteiger partial charge in [-0.15, -0.1) is 11.3 Å². The van der Waals surface area contributed by atoms with Gasteiger partial charge in [-0.05, 0) is 105 Å². The molecule has 2 aliphatic rings. The topological polar surface area (TPSA) is 189 Å². The predicted octanol–water partition coefficient (Wildman–Crippen LogP) is 6.68. The Balaban J connectivity index is 0.852. The van der Waals surface area contributed by atoms with Crippen LogP contribution in [-0.2, 0) is 47.8 Å². The zero-order valence-electron chi connectivity index (χ0n) is 40.7. The van der Waals surface area contributed by atoms with Crippen molar-refractivity contribution in [2.45, 2.75) is 104 Å². The number of thiocarbonyl (C=S) groups is 1. The van der Waals surface area contributed by atoms with Crippen molar-refractivity contribution in [3.05, 3.63) is 100 Å². The zero-order valence-corrected chi connectivity index (χ0v) is 42.4. The minimum Gasteiger partial charge on any atom is -0.392 e. The third-order valence-electron chi connectivity index (χ3n) is 12.5. The van der Waals surface area contributed by atoms with Crippen LogP contribution >= 0.6 is 23.6 Å². The van der Waals surface area contributed by atoms with Crippen molar-refractivity contribution >= 4 is 63.7 Å². The fourth-order valence-electron chi connectivity index (χ4n) is 8.48. The smallest absolute Gasteiger partial charge is 0.392 e. The maximum Gasteiger partial charge on any atom is 0.417 e. The van der Waals surface area contributed by atoms with Crippen molar-refractivity contribution in [2.75, 3.05) is 55.9 Å². The van der Waals surface area contributed by atoms with Gasteiger partial charge in [-0.25, -0.2) is 4.98 Å². The molecule has 4 N–H and O–H groups in total. The highest BCUT2D eigenvalue weighted by atomic mass is 32.1. The van der Waals surface area contributed by atoms with E-state index in [0.717, 1.165) is 44.3 Å².